The summed E-state index contributed by atoms with van der Waals surface area (Å²) in [7, 11) is 0. The van der Waals surface area contributed by atoms with Crippen LogP contribution in [0.2, 0.25) is 0 Å². The molecule has 0 aromatic heterocycles. The normalized spacial score (nSPS) is 14.1. The fourth-order valence-electron chi connectivity index (χ4n) is 6.59. The Hall–Kier alpha value is -2.04. The molecule has 0 heterocycles. The molecule has 0 aliphatic rings. The lowest BCUT2D eigenvalue weighted by Gasteiger charge is -2.32. The zero-order valence-electron chi connectivity index (χ0n) is 30.8. The second-order valence-corrected chi connectivity index (χ2v) is 13.8. The van der Waals surface area contributed by atoms with E-state index in [0.717, 1.165) is 103 Å². The summed E-state index contributed by atoms with van der Waals surface area (Å²) in [4.78, 5) is 32.6. The molecule has 0 radical (unpaired) electrons. The molecule has 0 bridgehead atoms. The van der Waals surface area contributed by atoms with Crippen LogP contribution in [-0.2, 0) is 0 Å². The second-order valence-electron chi connectivity index (χ2n) is 13.8. The first-order valence-electron chi connectivity index (χ1n) is 19.1. The Morgan fingerprint density at radius 1 is 0.556 bits per heavy atom. The van der Waals surface area contributed by atoms with E-state index in [0.29, 0.717) is 42.3 Å². The highest BCUT2D eigenvalue weighted by Gasteiger charge is 2.27. The van der Waals surface area contributed by atoms with Crippen molar-refractivity contribution in [1.29, 1.82) is 0 Å². The molecule has 4 atom stereocenters. The van der Waals surface area contributed by atoms with Gasteiger partial charge in [-0.1, -0.05) is 132 Å². The van der Waals surface area contributed by atoms with Crippen LogP contribution in [0.25, 0.3) is 0 Å². The number of phenolic OH excluding ortho intramolecular Hbond substituents is 1. The maximum atomic E-state index is 14.3. The number of benzene rings is 1. The molecule has 0 fully saturated rings. The fourth-order valence-corrected chi connectivity index (χ4v) is 6.59. The summed E-state index contributed by atoms with van der Waals surface area (Å²) < 4.78 is 0. The van der Waals surface area contributed by atoms with Crippen molar-refractivity contribution in [3.63, 3.8) is 0 Å². The minimum absolute atomic E-state index is 0.00995. The quantitative estimate of drug-likeness (QED) is 0.111. The number of amides is 2. The third-order valence-electron chi connectivity index (χ3n) is 10.1. The number of phenols is 1. The van der Waals surface area contributed by atoms with Crippen LogP contribution >= 0.6 is 0 Å². The summed E-state index contributed by atoms with van der Waals surface area (Å²) in [5.74, 6) is 1.63. The van der Waals surface area contributed by atoms with E-state index < -0.39 is 0 Å². The van der Waals surface area contributed by atoms with Crippen molar-refractivity contribution >= 4 is 11.8 Å². The van der Waals surface area contributed by atoms with E-state index in [-0.39, 0.29) is 23.1 Å². The van der Waals surface area contributed by atoms with Crippen molar-refractivity contribution in [2.24, 2.45) is 23.7 Å². The van der Waals surface area contributed by atoms with Crippen LogP contribution in [0.5, 0.6) is 5.75 Å². The second kappa shape index (κ2) is 24.2. The molecule has 5 heteroatoms. The van der Waals surface area contributed by atoms with Gasteiger partial charge in [-0.05, 0) is 67.6 Å². The number of carbonyl (C=O) groups excluding carboxylic acids is 2. The number of hydrogen-bond acceptors (Lipinski definition) is 3. The summed E-state index contributed by atoms with van der Waals surface area (Å²) in [6, 6.07) is 4.99. The number of rotatable bonds is 26. The molecule has 45 heavy (non-hydrogen) atoms. The van der Waals surface area contributed by atoms with Gasteiger partial charge in [0, 0.05) is 31.7 Å². The van der Waals surface area contributed by atoms with E-state index in [9.17, 15) is 14.7 Å². The average molecular weight is 629 g/mol. The molecule has 2 amide bonds. The standard InChI is InChI=1S/C40H72N2O3/c1-9-17-21-32(13-5)28-41(29-33(14-6)22-18-10-2)39(44)36-25-26-38(43)37(27-36)40(45)42(30-34(15-7)23-19-11-3)31-35(16-8)24-20-12-4/h25-27,32-35,43H,9-24,28-31H2,1-8H3. The number of aromatic hydroxyl groups is 1. The molecular formula is C40H72N2O3. The SMILES string of the molecule is CCCCC(CC)CN(CC(CC)CCCC)C(=O)c1ccc(O)c(C(=O)N(CC(CC)CCCC)CC(CC)CCCC)c1. The van der Waals surface area contributed by atoms with Gasteiger partial charge >= 0.3 is 0 Å². The monoisotopic (exact) mass is 629 g/mol. The summed E-state index contributed by atoms with van der Waals surface area (Å²) in [6.45, 7) is 20.7. The Labute approximate surface area is 278 Å². The van der Waals surface area contributed by atoms with Gasteiger partial charge in [0.2, 0.25) is 0 Å². The van der Waals surface area contributed by atoms with Gasteiger partial charge in [-0.2, -0.15) is 0 Å². The van der Waals surface area contributed by atoms with Crippen LogP contribution in [0.1, 0.15) is 179 Å². The number of unbranched alkanes of at least 4 members (excludes halogenated alkanes) is 4. The van der Waals surface area contributed by atoms with Crippen LogP contribution < -0.4 is 0 Å². The summed E-state index contributed by atoms with van der Waals surface area (Å²) in [5.41, 5.74) is 0.787. The molecule has 0 aliphatic carbocycles. The third kappa shape index (κ3) is 14.9. The van der Waals surface area contributed by atoms with Gasteiger partial charge in [0.15, 0.2) is 0 Å². The largest absolute Gasteiger partial charge is 0.507 e. The molecule has 260 valence electrons. The minimum Gasteiger partial charge on any atom is -0.507 e. The van der Waals surface area contributed by atoms with Crippen LogP contribution in [0.3, 0.4) is 0 Å². The zero-order valence-corrected chi connectivity index (χ0v) is 30.8. The van der Waals surface area contributed by atoms with Crippen molar-refractivity contribution < 1.29 is 14.7 Å². The highest BCUT2D eigenvalue weighted by Crippen LogP contribution is 2.27. The van der Waals surface area contributed by atoms with Crippen molar-refractivity contribution in [2.75, 3.05) is 26.2 Å². The molecule has 1 rings (SSSR count). The molecule has 0 saturated heterocycles. The lowest BCUT2D eigenvalue weighted by molar-refractivity contribution is 0.0680. The first-order valence-corrected chi connectivity index (χ1v) is 19.1. The van der Waals surface area contributed by atoms with E-state index in [2.05, 4.69) is 60.3 Å². The minimum atomic E-state index is -0.137. The van der Waals surface area contributed by atoms with Crippen molar-refractivity contribution in [1.82, 2.24) is 9.80 Å². The van der Waals surface area contributed by atoms with E-state index in [1.54, 1.807) is 18.2 Å². The number of hydrogen-bond donors (Lipinski definition) is 1. The van der Waals surface area contributed by atoms with E-state index >= 15 is 0 Å². The predicted octanol–water partition coefficient (Wildman–Crippen LogP) is 11.1. The molecule has 0 spiro atoms. The molecule has 0 aliphatic heterocycles. The molecule has 5 nitrogen and oxygen atoms in total. The highest BCUT2D eigenvalue weighted by molar-refractivity contribution is 6.01. The Balaban J connectivity index is 3.45. The lowest BCUT2D eigenvalue weighted by atomic mass is 9.94. The Morgan fingerprint density at radius 2 is 0.889 bits per heavy atom. The third-order valence-corrected chi connectivity index (χ3v) is 10.1. The van der Waals surface area contributed by atoms with Gasteiger partial charge in [-0.15, -0.1) is 0 Å². The lowest BCUT2D eigenvalue weighted by Crippen LogP contribution is -2.40. The highest BCUT2D eigenvalue weighted by atomic mass is 16.3. The van der Waals surface area contributed by atoms with Crippen LogP contribution in [0.15, 0.2) is 18.2 Å². The van der Waals surface area contributed by atoms with Crippen molar-refractivity contribution in [3.05, 3.63) is 29.3 Å². The van der Waals surface area contributed by atoms with Crippen LogP contribution in [0.4, 0.5) is 0 Å². The molecule has 0 saturated carbocycles. The van der Waals surface area contributed by atoms with Gasteiger partial charge in [0.1, 0.15) is 5.75 Å². The maximum Gasteiger partial charge on any atom is 0.257 e. The Morgan fingerprint density at radius 3 is 1.20 bits per heavy atom. The average Bonchev–Trinajstić information content (AvgIpc) is 3.06. The van der Waals surface area contributed by atoms with Crippen LogP contribution in [-0.4, -0.2) is 52.9 Å². The molecule has 1 N–H and O–H groups in total. The number of carbonyl (C=O) groups is 2. The first-order chi connectivity index (χ1) is 21.7. The molecular weight excluding hydrogens is 556 g/mol. The summed E-state index contributed by atoms with van der Waals surface area (Å²) >= 11 is 0. The number of nitrogens with zero attached hydrogens (tertiary/aromatic N) is 2. The van der Waals surface area contributed by atoms with Gasteiger partial charge in [0.25, 0.3) is 11.8 Å². The molecule has 4 unspecified atom stereocenters. The van der Waals surface area contributed by atoms with Crippen LogP contribution in [0, 0.1) is 23.7 Å². The van der Waals surface area contributed by atoms with E-state index in [4.69, 9.17) is 0 Å². The van der Waals surface area contributed by atoms with Crippen molar-refractivity contribution in [3.8, 4) is 5.75 Å². The smallest absolute Gasteiger partial charge is 0.257 e. The van der Waals surface area contributed by atoms with E-state index in [1.165, 1.54) is 12.8 Å². The van der Waals surface area contributed by atoms with Gasteiger partial charge < -0.3 is 14.9 Å². The van der Waals surface area contributed by atoms with Gasteiger partial charge in [-0.3, -0.25) is 9.59 Å². The summed E-state index contributed by atoms with van der Waals surface area (Å²) in [5, 5.41) is 11.0. The topological polar surface area (TPSA) is 60.9 Å². The predicted molar refractivity (Wildman–Crippen MR) is 193 cm³/mol. The summed E-state index contributed by atoms with van der Waals surface area (Å²) in [6.07, 6.45) is 17.9. The zero-order chi connectivity index (χ0) is 33.6. The molecule has 1 aromatic carbocycles. The van der Waals surface area contributed by atoms with Gasteiger partial charge in [-0.25, -0.2) is 0 Å². The first kappa shape index (κ1) is 41.0. The Kier molecular flexibility index (Phi) is 22.0. The maximum absolute atomic E-state index is 14.3. The van der Waals surface area contributed by atoms with Gasteiger partial charge in [0.05, 0.1) is 5.56 Å². The molecule has 1 aromatic rings. The van der Waals surface area contributed by atoms with Crippen molar-refractivity contribution in [2.45, 2.75) is 158 Å². The van der Waals surface area contributed by atoms with E-state index in [1.807, 2.05) is 4.90 Å². The Bertz CT molecular complexity index is 896. The fraction of sp³-hybridized carbons (Fsp3) is 0.800.